The largest absolute Gasteiger partial charge is 0.414 e. The highest BCUT2D eigenvalue weighted by atomic mass is 79.9. The first-order valence-electron chi connectivity index (χ1n) is 7.87. The van der Waals surface area contributed by atoms with Gasteiger partial charge in [0.2, 0.25) is 0 Å². The Kier molecular flexibility index (Phi) is 5.22. The van der Waals surface area contributed by atoms with Crippen molar-refractivity contribution in [3.8, 4) is 0 Å². The van der Waals surface area contributed by atoms with Crippen LogP contribution in [0.5, 0.6) is 0 Å². The van der Waals surface area contributed by atoms with E-state index in [0.717, 1.165) is 30.4 Å². The molecular weight excluding hydrogens is 342 g/mol. The summed E-state index contributed by atoms with van der Waals surface area (Å²) < 4.78 is 7.71. The molecule has 0 amide bonds. The van der Waals surface area contributed by atoms with E-state index in [2.05, 4.69) is 79.0 Å². The fourth-order valence-corrected chi connectivity index (χ4v) is 4.31. The maximum Gasteiger partial charge on any atom is 0.192 e. The van der Waals surface area contributed by atoms with Gasteiger partial charge in [-0.3, -0.25) is 0 Å². The predicted molar refractivity (Wildman–Crippen MR) is 97.7 cm³/mol. The molecule has 0 unspecified atom stereocenters. The van der Waals surface area contributed by atoms with Crippen LogP contribution < -0.4 is 4.90 Å². The zero-order chi connectivity index (χ0) is 15.7. The Labute approximate surface area is 139 Å². The Morgan fingerprint density at radius 3 is 2.33 bits per heavy atom. The van der Waals surface area contributed by atoms with Gasteiger partial charge in [0, 0.05) is 29.4 Å². The predicted octanol–water partition coefficient (Wildman–Crippen LogP) is 5.44. The van der Waals surface area contributed by atoms with Gasteiger partial charge in [-0.25, -0.2) is 0 Å². The fraction of sp³-hybridized carbons (Fsp3) is 0.647. The maximum atomic E-state index is 6.55. The lowest BCUT2D eigenvalue weighted by atomic mass is 10.1. The highest BCUT2D eigenvalue weighted by Gasteiger charge is 2.39. The van der Waals surface area contributed by atoms with E-state index in [0.29, 0.717) is 11.1 Å². The summed E-state index contributed by atoms with van der Waals surface area (Å²) >= 11 is 3.56. The quantitative estimate of drug-likeness (QED) is 0.657. The third-order valence-electron chi connectivity index (χ3n) is 4.88. The second-order valence-electron chi connectivity index (χ2n) is 7.54. The van der Waals surface area contributed by atoms with Gasteiger partial charge in [0.1, 0.15) is 0 Å². The molecule has 0 radical (unpaired) electrons. The first-order valence-corrected chi connectivity index (χ1v) is 11.6. The Balaban J connectivity index is 1.92. The minimum absolute atomic E-state index is 0.300. The molecule has 2 nitrogen and oxygen atoms in total. The van der Waals surface area contributed by atoms with Crippen LogP contribution in [0.15, 0.2) is 28.7 Å². The number of piperidine rings is 1. The van der Waals surface area contributed by atoms with E-state index in [1.165, 1.54) is 5.69 Å². The standard InChI is InChI=1S/C17H28BrNOSi/c1-17(2,3)21(4,5)20-16-9-11-19(12-10-16)15-8-6-7-14(18)13-15/h6-8,13,16H,9-12H2,1-5H3. The van der Waals surface area contributed by atoms with Gasteiger partial charge in [-0.05, 0) is 49.2 Å². The van der Waals surface area contributed by atoms with Crippen molar-refractivity contribution < 1.29 is 4.43 Å². The van der Waals surface area contributed by atoms with Crippen LogP contribution in [0.25, 0.3) is 0 Å². The van der Waals surface area contributed by atoms with E-state index >= 15 is 0 Å². The first kappa shape index (κ1) is 17.0. The average molecular weight is 370 g/mol. The van der Waals surface area contributed by atoms with Crippen molar-refractivity contribution in [2.45, 2.75) is 57.8 Å². The van der Waals surface area contributed by atoms with E-state index < -0.39 is 8.32 Å². The van der Waals surface area contributed by atoms with Crippen LogP contribution in [-0.2, 0) is 4.43 Å². The van der Waals surface area contributed by atoms with Gasteiger partial charge >= 0.3 is 0 Å². The summed E-state index contributed by atoms with van der Waals surface area (Å²) in [5, 5.41) is 0.300. The van der Waals surface area contributed by atoms with Gasteiger partial charge in [0.15, 0.2) is 8.32 Å². The lowest BCUT2D eigenvalue weighted by Gasteiger charge is -2.42. The lowest BCUT2D eigenvalue weighted by Crippen LogP contribution is -2.47. The third-order valence-corrected chi connectivity index (χ3v) is 9.91. The number of nitrogens with zero attached hydrogens (tertiary/aromatic N) is 1. The first-order chi connectivity index (χ1) is 9.69. The maximum absolute atomic E-state index is 6.55. The zero-order valence-corrected chi connectivity index (χ0v) is 16.5. The van der Waals surface area contributed by atoms with Crippen LogP contribution in [-0.4, -0.2) is 27.5 Å². The monoisotopic (exact) mass is 369 g/mol. The van der Waals surface area contributed by atoms with Gasteiger partial charge in [0.25, 0.3) is 0 Å². The summed E-state index contributed by atoms with van der Waals surface area (Å²) in [4.78, 5) is 2.47. The van der Waals surface area contributed by atoms with Crippen molar-refractivity contribution in [3.05, 3.63) is 28.7 Å². The van der Waals surface area contributed by atoms with Crippen molar-refractivity contribution in [1.82, 2.24) is 0 Å². The molecule has 0 N–H and O–H groups in total. The minimum atomic E-state index is -1.63. The molecule has 21 heavy (non-hydrogen) atoms. The van der Waals surface area contributed by atoms with Crippen LogP contribution >= 0.6 is 15.9 Å². The molecule has 1 heterocycles. The van der Waals surface area contributed by atoms with Gasteiger partial charge < -0.3 is 9.33 Å². The molecule has 4 heteroatoms. The van der Waals surface area contributed by atoms with Gasteiger partial charge in [-0.15, -0.1) is 0 Å². The summed E-state index contributed by atoms with van der Waals surface area (Å²) in [6.07, 6.45) is 2.72. The SMILES string of the molecule is CC(C)(C)[Si](C)(C)OC1CCN(c2cccc(Br)c2)CC1. The Hall–Kier alpha value is -0.323. The summed E-state index contributed by atoms with van der Waals surface area (Å²) in [6, 6.07) is 8.59. The van der Waals surface area contributed by atoms with E-state index in [4.69, 9.17) is 4.43 Å². The third kappa shape index (κ3) is 4.33. The molecule has 1 aromatic carbocycles. The topological polar surface area (TPSA) is 12.5 Å². The van der Waals surface area contributed by atoms with E-state index in [-0.39, 0.29) is 0 Å². The second-order valence-corrected chi connectivity index (χ2v) is 13.2. The van der Waals surface area contributed by atoms with Gasteiger partial charge in [-0.1, -0.05) is 42.8 Å². The number of hydrogen-bond donors (Lipinski definition) is 0. The molecule has 2 rings (SSSR count). The molecule has 0 aliphatic carbocycles. The number of benzene rings is 1. The minimum Gasteiger partial charge on any atom is -0.414 e. The average Bonchev–Trinajstić information content (AvgIpc) is 2.38. The Morgan fingerprint density at radius 2 is 1.81 bits per heavy atom. The molecule has 118 valence electrons. The number of anilines is 1. The van der Waals surface area contributed by atoms with Crippen molar-refractivity contribution >= 4 is 29.9 Å². The van der Waals surface area contributed by atoms with E-state index in [1.807, 2.05) is 0 Å². The smallest absolute Gasteiger partial charge is 0.192 e. The molecule has 0 aromatic heterocycles. The molecule has 1 aliphatic rings. The van der Waals surface area contributed by atoms with Crippen molar-refractivity contribution in [2.75, 3.05) is 18.0 Å². The van der Waals surface area contributed by atoms with E-state index in [9.17, 15) is 0 Å². The normalized spacial score (nSPS) is 18.1. The summed E-state index contributed by atoms with van der Waals surface area (Å²) in [5.41, 5.74) is 1.31. The molecular formula is C17H28BrNOSi. The Morgan fingerprint density at radius 1 is 1.19 bits per heavy atom. The zero-order valence-electron chi connectivity index (χ0n) is 13.9. The molecule has 0 spiro atoms. The molecule has 1 fully saturated rings. The fourth-order valence-electron chi connectivity index (χ4n) is 2.50. The molecule has 1 aliphatic heterocycles. The van der Waals surface area contributed by atoms with Crippen LogP contribution in [0.3, 0.4) is 0 Å². The molecule has 0 saturated carbocycles. The van der Waals surface area contributed by atoms with Gasteiger partial charge in [-0.2, -0.15) is 0 Å². The van der Waals surface area contributed by atoms with Crippen LogP contribution in [0.1, 0.15) is 33.6 Å². The van der Waals surface area contributed by atoms with Crippen molar-refractivity contribution in [1.29, 1.82) is 0 Å². The number of rotatable bonds is 3. The Bertz CT molecular complexity index is 476. The summed E-state index contributed by atoms with van der Waals surface area (Å²) in [7, 11) is -1.63. The van der Waals surface area contributed by atoms with Crippen molar-refractivity contribution in [2.24, 2.45) is 0 Å². The van der Waals surface area contributed by atoms with Crippen LogP contribution in [0.2, 0.25) is 18.1 Å². The van der Waals surface area contributed by atoms with Crippen LogP contribution in [0.4, 0.5) is 5.69 Å². The number of halogens is 1. The van der Waals surface area contributed by atoms with Crippen LogP contribution in [0, 0.1) is 0 Å². The second kappa shape index (κ2) is 6.43. The molecule has 0 bridgehead atoms. The van der Waals surface area contributed by atoms with E-state index in [1.54, 1.807) is 0 Å². The summed E-state index contributed by atoms with van der Waals surface area (Å²) in [5.74, 6) is 0. The summed E-state index contributed by atoms with van der Waals surface area (Å²) in [6.45, 7) is 13.8. The lowest BCUT2D eigenvalue weighted by molar-refractivity contribution is 0.152. The number of hydrogen-bond acceptors (Lipinski definition) is 2. The highest BCUT2D eigenvalue weighted by Crippen LogP contribution is 2.38. The molecule has 1 aromatic rings. The van der Waals surface area contributed by atoms with Crippen molar-refractivity contribution in [3.63, 3.8) is 0 Å². The molecule has 0 atom stereocenters. The molecule has 1 saturated heterocycles. The highest BCUT2D eigenvalue weighted by molar-refractivity contribution is 9.10. The van der Waals surface area contributed by atoms with Gasteiger partial charge in [0.05, 0.1) is 0 Å².